The molecule has 0 saturated heterocycles. The average molecular weight is 407 g/mol. The van der Waals surface area contributed by atoms with Crippen molar-refractivity contribution in [1.29, 1.82) is 0 Å². The lowest BCUT2D eigenvalue weighted by molar-refractivity contribution is -0.159. The maximum atomic E-state index is 11.8. The van der Waals surface area contributed by atoms with E-state index in [1.54, 1.807) is 25.6 Å². The van der Waals surface area contributed by atoms with Crippen LogP contribution in [0, 0.1) is 10.8 Å². The van der Waals surface area contributed by atoms with Gasteiger partial charge in [-0.05, 0) is 46.3 Å². The second kappa shape index (κ2) is 12.2. The lowest BCUT2D eigenvalue weighted by atomic mass is 9.91. The molecule has 0 aliphatic heterocycles. The van der Waals surface area contributed by atoms with Gasteiger partial charge in [0.1, 0.15) is 19.3 Å². The Morgan fingerprint density at radius 1 is 1.00 bits per heavy atom. The maximum absolute atomic E-state index is 11.8. The Kier molecular flexibility index (Phi) is 11.7. The first kappa shape index (κ1) is 25.7. The Morgan fingerprint density at radius 2 is 1.59 bits per heavy atom. The maximum Gasteiger partial charge on any atom is 0.312 e. The largest absolute Gasteiger partial charge is 0.469 e. The minimum absolute atomic E-state index is 0.200. The third kappa shape index (κ3) is 10.6. The molecule has 0 saturated carbocycles. The number of esters is 3. The summed E-state index contributed by atoms with van der Waals surface area (Å²) in [5.74, 6) is 0.255. The van der Waals surface area contributed by atoms with E-state index in [0.717, 1.165) is 0 Å². The van der Waals surface area contributed by atoms with E-state index in [9.17, 15) is 19.5 Å². The molecule has 0 aromatic heterocycles. The second-order valence-corrected chi connectivity index (χ2v) is 8.81. The van der Waals surface area contributed by atoms with Crippen LogP contribution in [0.3, 0.4) is 0 Å². The number of aliphatic hydroxyl groups is 1. The van der Waals surface area contributed by atoms with Crippen LogP contribution < -0.4 is 0 Å². The van der Waals surface area contributed by atoms with Crippen LogP contribution in [0.15, 0.2) is 0 Å². The van der Waals surface area contributed by atoms with Gasteiger partial charge in [0.25, 0.3) is 0 Å². The van der Waals surface area contributed by atoms with Crippen LogP contribution in [-0.4, -0.2) is 60.9 Å². The van der Waals surface area contributed by atoms with Crippen LogP contribution in [-0.2, 0) is 28.6 Å². The first-order valence-corrected chi connectivity index (χ1v) is 10.3. The summed E-state index contributed by atoms with van der Waals surface area (Å²) in [5, 5.41) is 9.76. The number of hydrogen-bond acceptors (Lipinski definition) is 8. The first-order valence-electron chi connectivity index (χ1n) is 9.13. The van der Waals surface area contributed by atoms with Gasteiger partial charge in [0.2, 0.25) is 0 Å². The van der Waals surface area contributed by atoms with Crippen LogP contribution in [0.25, 0.3) is 0 Å². The Bertz CT molecular complexity index is 488. The SMILES string of the molecule is CCC(C)(C)C(=O)OCC(O)COC(=O)CCCSCC(C)(C)C(=O)OC. The van der Waals surface area contributed by atoms with Gasteiger partial charge >= 0.3 is 17.9 Å². The number of thioether (sulfide) groups is 1. The molecule has 1 unspecified atom stereocenters. The molecular formula is C19H34O7S. The molecular weight excluding hydrogens is 372 g/mol. The van der Waals surface area contributed by atoms with Gasteiger partial charge in [0, 0.05) is 12.2 Å². The quantitative estimate of drug-likeness (QED) is 0.283. The Labute approximate surface area is 166 Å². The van der Waals surface area contributed by atoms with Gasteiger partial charge in [0.15, 0.2) is 0 Å². The molecule has 0 spiro atoms. The molecule has 1 N–H and O–H groups in total. The third-order valence-corrected chi connectivity index (χ3v) is 5.65. The molecule has 0 heterocycles. The molecule has 0 fully saturated rings. The minimum Gasteiger partial charge on any atom is -0.469 e. The van der Waals surface area contributed by atoms with E-state index in [-0.39, 0.29) is 31.6 Å². The van der Waals surface area contributed by atoms with Gasteiger partial charge in [-0.15, -0.1) is 0 Å². The highest BCUT2D eigenvalue weighted by Gasteiger charge is 2.29. The van der Waals surface area contributed by atoms with E-state index in [0.29, 0.717) is 24.3 Å². The van der Waals surface area contributed by atoms with Crippen molar-refractivity contribution in [2.75, 3.05) is 31.8 Å². The summed E-state index contributed by atoms with van der Waals surface area (Å²) in [6, 6.07) is 0. The highest BCUT2D eigenvalue weighted by atomic mass is 32.2. The third-order valence-electron chi connectivity index (χ3n) is 4.15. The fourth-order valence-electron chi connectivity index (χ4n) is 1.80. The fraction of sp³-hybridized carbons (Fsp3) is 0.842. The van der Waals surface area contributed by atoms with E-state index in [2.05, 4.69) is 0 Å². The van der Waals surface area contributed by atoms with Crippen molar-refractivity contribution >= 4 is 29.7 Å². The predicted molar refractivity (Wildman–Crippen MR) is 104 cm³/mol. The van der Waals surface area contributed by atoms with Crippen molar-refractivity contribution in [3.05, 3.63) is 0 Å². The van der Waals surface area contributed by atoms with Crippen LogP contribution in [0.2, 0.25) is 0 Å². The number of carbonyl (C=O) groups is 3. The monoisotopic (exact) mass is 406 g/mol. The van der Waals surface area contributed by atoms with Gasteiger partial charge in [-0.2, -0.15) is 11.8 Å². The smallest absolute Gasteiger partial charge is 0.312 e. The van der Waals surface area contributed by atoms with E-state index in [4.69, 9.17) is 14.2 Å². The van der Waals surface area contributed by atoms with Crippen molar-refractivity contribution in [3.8, 4) is 0 Å². The van der Waals surface area contributed by atoms with Gasteiger partial charge in [-0.3, -0.25) is 14.4 Å². The predicted octanol–water partition coefficient (Wildman–Crippen LogP) is 2.58. The second-order valence-electron chi connectivity index (χ2n) is 7.70. The fourth-order valence-corrected chi connectivity index (χ4v) is 2.92. The zero-order chi connectivity index (χ0) is 21.1. The van der Waals surface area contributed by atoms with Crippen LogP contribution in [0.1, 0.15) is 53.9 Å². The van der Waals surface area contributed by atoms with Gasteiger partial charge in [-0.1, -0.05) is 6.92 Å². The van der Waals surface area contributed by atoms with Gasteiger partial charge in [-0.25, -0.2) is 0 Å². The summed E-state index contributed by atoms with van der Waals surface area (Å²) >= 11 is 1.57. The van der Waals surface area contributed by atoms with Crippen molar-refractivity contribution in [3.63, 3.8) is 0 Å². The zero-order valence-corrected chi connectivity index (χ0v) is 18.1. The number of ether oxygens (including phenoxy) is 3. The molecule has 1 atom stereocenters. The van der Waals surface area contributed by atoms with E-state index in [1.165, 1.54) is 7.11 Å². The molecule has 7 nitrogen and oxygen atoms in total. The molecule has 0 amide bonds. The summed E-state index contributed by atoms with van der Waals surface area (Å²) in [6.45, 7) is 8.65. The number of carbonyl (C=O) groups excluding carboxylic acids is 3. The Hall–Kier alpha value is -1.28. The zero-order valence-electron chi connectivity index (χ0n) is 17.3. The molecule has 0 aliphatic carbocycles. The Balaban J connectivity index is 3.89. The van der Waals surface area contributed by atoms with Crippen LogP contribution in [0.5, 0.6) is 0 Å². The minimum atomic E-state index is -1.04. The van der Waals surface area contributed by atoms with Gasteiger partial charge in [0.05, 0.1) is 17.9 Å². The molecule has 0 radical (unpaired) electrons. The highest BCUT2D eigenvalue weighted by molar-refractivity contribution is 7.99. The molecule has 8 heteroatoms. The summed E-state index contributed by atoms with van der Waals surface area (Å²) in [4.78, 5) is 35.0. The normalized spacial score (nSPS) is 13.0. The van der Waals surface area contributed by atoms with Crippen LogP contribution >= 0.6 is 11.8 Å². The molecule has 0 rings (SSSR count). The molecule has 158 valence electrons. The molecule has 0 bridgehead atoms. The molecule has 27 heavy (non-hydrogen) atoms. The van der Waals surface area contributed by atoms with Crippen LogP contribution in [0.4, 0.5) is 0 Å². The summed E-state index contributed by atoms with van der Waals surface area (Å²) in [6.07, 6.45) is 0.421. The number of aliphatic hydroxyl groups excluding tert-OH is 1. The summed E-state index contributed by atoms with van der Waals surface area (Å²) in [5.41, 5.74) is -1.16. The number of methoxy groups -OCH3 is 1. The molecule has 0 aromatic rings. The molecule has 0 aromatic carbocycles. The van der Waals surface area contributed by atoms with Crippen molar-refractivity contribution in [2.45, 2.75) is 60.0 Å². The standard InChI is InChI=1S/C19H34O7S/c1-7-18(2,3)17(23)26-12-14(20)11-25-15(21)9-8-10-27-13-19(4,5)16(22)24-6/h14,20H,7-13H2,1-6H3. The first-order chi connectivity index (χ1) is 12.5. The summed E-state index contributed by atoms with van der Waals surface area (Å²) < 4.78 is 14.8. The van der Waals surface area contributed by atoms with Crippen molar-refractivity contribution in [1.82, 2.24) is 0 Å². The number of rotatable bonds is 13. The summed E-state index contributed by atoms with van der Waals surface area (Å²) in [7, 11) is 1.37. The van der Waals surface area contributed by atoms with Gasteiger partial charge < -0.3 is 19.3 Å². The van der Waals surface area contributed by atoms with Crippen molar-refractivity contribution < 1.29 is 33.7 Å². The van der Waals surface area contributed by atoms with Crippen molar-refractivity contribution in [2.24, 2.45) is 10.8 Å². The van der Waals surface area contributed by atoms with E-state index >= 15 is 0 Å². The average Bonchev–Trinajstić information content (AvgIpc) is 2.62. The topological polar surface area (TPSA) is 99.1 Å². The molecule has 0 aliphatic rings. The lowest BCUT2D eigenvalue weighted by Gasteiger charge is -2.21. The lowest BCUT2D eigenvalue weighted by Crippen LogP contribution is -2.31. The highest BCUT2D eigenvalue weighted by Crippen LogP contribution is 2.24. The van der Waals surface area contributed by atoms with E-state index < -0.39 is 22.9 Å². The Morgan fingerprint density at radius 3 is 2.15 bits per heavy atom. The van der Waals surface area contributed by atoms with E-state index in [1.807, 2.05) is 20.8 Å². The number of hydrogen-bond donors (Lipinski definition) is 1.